The minimum absolute atomic E-state index is 0.192. The molecule has 1 fully saturated rings. The molecule has 0 amide bonds. The molecule has 0 radical (unpaired) electrons. The van der Waals surface area contributed by atoms with E-state index < -0.39 is 0 Å². The summed E-state index contributed by atoms with van der Waals surface area (Å²) in [7, 11) is 0. The zero-order chi connectivity index (χ0) is 13.8. The Labute approximate surface area is 127 Å². The summed E-state index contributed by atoms with van der Waals surface area (Å²) in [5.41, 5.74) is 0.965. The first-order valence-electron chi connectivity index (χ1n) is 6.61. The van der Waals surface area contributed by atoms with Crippen LogP contribution in [0.4, 0.5) is 10.1 Å². The number of nitrogens with one attached hydrogen (secondary N) is 1. The van der Waals surface area contributed by atoms with Gasteiger partial charge >= 0.3 is 0 Å². The van der Waals surface area contributed by atoms with Crippen LogP contribution >= 0.6 is 22.6 Å². The molecule has 1 heterocycles. The molecule has 1 aliphatic heterocycles. The SMILES string of the molecule is CC(C)N1CCOC(CNc2ccc(F)cc2I)C1. The molecule has 0 saturated carbocycles. The van der Waals surface area contributed by atoms with Crippen molar-refractivity contribution in [1.82, 2.24) is 4.90 Å². The summed E-state index contributed by atoms with van der Waals surface area (Å²) < 4.78 is 19.7. The fourth-order valence-corrected chi connectivity index (χ4v) is 2.86. The third-order valence-corrected chi connectivity index (χ3v) is 4.24. The lowest BCUT2D eigenvalue weighted by atomic mass is 10.2. The number of halogens is 2. The van der Waals surface area contributed by atoms with Gasteiger partial charge in [-0.1, -0.05) is 0 Å². The highest BCUT2D eigenvalue weighted by Crippen LogP contribution is 2.19. The smallest absolute Gasteiger partial charge is 0.124 e. The van der Waals surface area contributed by atoms with Gasteiger partial charge < -0.3 is 10.1 Å². The molecule has 19 heavy (non-hydrogen) atoms. The lowest BCUT2D eigenvalue weighted by molar-refractivity contribution is -0.0315. The van der Waals surface area contributed by atoms with E-state index in [9.17, 15) is 4.39 Å². The molecule has 0 spiro atoms. The van der Waals surface area contributed by atoms with Gasteiger partial charge in [-0.15, -0.1) is 0 Å². The van der Waals surface area contributed by atoms with Crippen LogP contribution in [0.1, 0.15) is 13.8 Å². The van der Waals surface area contributed by atoms with E-state index in [0.717, 1.165) is 35.5 Å². The van der Waals surface area contributed by atoms with Crippen LogP contribution in [0.2, 0.25) is 0 Å². The van der Waals surface area contributed by atoms with Gasteiger partial charge in [-0.2, -0.15) is 0 Å². The van der Waals surface area contributed by atoms with Crippen molar-refractivity contribution in [3.8, 4) is 0 Å². The van der Waals surface area contributed by atoms with E-state index in [4.69, 9.17) is 4.74 Å². The Kier molecular flexibility index (Phi) is 5.41. The van der Waals surface area contributed by atoms with Crippen molar-refractivity contribution in [1.29, 1.82) is 0 Å². The van der Waals surface area contributed by atoms with Gasteiger partial charge in [0.05, 0.1) is 12.7 Å². The van der Waals surface area contributed by atoms with Crippen molar-refractivity contribution in [3.05, 3.63) is 27.6 Å². The summed E-state index contributed by atoms with van der Waals surface area (Å²) in [4.78, 5) is 2.42. The van der Waals surface area contributed by atoms with Crippen LogP contribution in [-0.4, -0.2) is 43.3 Å². The van der Waals surface area contributed by atoms with Gasteiger partial charge in [0.25, 0.3) is 0 Å². The van der Waals surface area contributed by atoms with Gasteiger partial charge in [-0.3, -0.25) is 4.90 Å². The number of ether oxygens (including phenoxy) is 1. The van der Waals surface area contributed by atoms with E-state index in [0.29, 0.717) is 6.04 Å². The van der Waals surface area contributed by atoms with Crippen LogP contribution in [0.3, 0.4) is 0 Å². The molecule has 0 aliphatic carbocycles. The Bertz CT molecular complexity index is 428. The van der Waals surface area contributed by atoms with Gasteiger partial charge in [0.2, 0.25) is 0 Å². The first-order chi connectivity index (χ1) is 9.06. The maximum absolute atomic E-state index is 13.0. The van der Waals surface area contributed by atoms with E-state index in [-0.39, 0.29) is 11.9 Å². The molecular weight excluding hydrogens is 358 g/mol. The van der Waals surface area contributed by atoms with Crippen molar-refractivity contribution in [2.75, 3.05) is 31.6 Å². The first kappa shape index (κ1) is 15.0. The van der Waals surface area contributed by atoms with Gasteiger partial charge in [0.1, 0.15) is 5.82 Å². The molecule has 0 bridgehead atoms. The average Bonchev–Trinajstić information content (AvgIpc) is 2.38. The van der Waals surface area contributed by atoms with Gasteiger partial charge in [0.15, 0.2) is 0 Å². The highest BCUT2D eigenvalue weighted by molar-refractivity contribution is 14.1. The Hall–Kier alpha value is -0.400. The summed E-state index contributed by atoms with van der Waals surface area (Å²) in [6.07, 6.45) is 0.192. The lowest BCUT2D eigenvalue weighted by Gasteiger charge is -2.35. The van der Waals surface area contributed by atoms with Crippen molar-refractivity contribution in [2.45, 2.75) is 26.0 Å². The molecule has 1 atom stereocenters. The maximum atomic E-state index is 13.0. The van der Waals surface area contributed by atoms with Crippen molar-refractivity contribution in [2.24, 2.45) is 0 Å². The number of hydrogen-bond donors (Lipinski definition) is 1. The van der Waals surface area contributed by atoms with Crippen molar-refractivity contribution >= 4 is 28.3 Å². The summed E-state index contributed by atoms with van der Waals surface area (Å²) in [6.45, 7) is 7.90. The van der Waals surface area contributed by atoms with Gasteiger partial charge in [-0.05, 0) is 54.6 Å². The Morgan fingerprint density at radius 3 is 3.00 bits per heavy atom. The molecule has 3 nitrogen and oxygen atoms in total. The molecule has 1 saturated heterocycles. The van der Waals surface area contributed by atoms with E-state index in [2.05, 4.69) is 46.7 Å². The van der Waals surface area contributed by atoms with Crippen molar-refractivity contribution in [3.63, 3.8) is 0 Å². The minimum atomic E-state index is -0.199. The van der Waals surface area contributed by atoms with Crippen LogP contribution in [0.15, 0.2) is 18.2 Å². The summed E-state index contributed by atoms with van der Waals surface area (Å²) in [5.74, 6) is -0.199. The van der Waals surface area contributed by atoms with Gasteiger partial charge in [-0.25, -0.2) is 4.39 Å². The minimum Gasteiger partial charge on any atom is -0.382 e. The predicted octanol–water partition coefficient (Wildman–Crippen LogP) is 2.95. The highest BCUT2D eigenvalue weighted by Gasteiger charge is 2.22. The zero-order valence-electron chi connectivity index (χ0n) is 11.3. The monoisotopic (exact) mass is 378 g/mol. The Morgan fingerprint density at radius 2 is 2.32 bits per heavy atom. The van der Waals surface area contributed by atoms with E-state index in [1.165, 1.54) is 12.1 Å². The molecule has 2 rings (SSSR count). The van der Waals surface area contributed by atoms with Crippen molar-refractivity contribution < 1.29 is 9.13 Å². The Morgan fingerprint density at radius 1 is 1.53 bits per heavy atom. The van der Waals surface area contributed by atoms with Crippen LogP contribution in [-0.2, 0) is 4.74 Å². The number of rotatable bonds is 4. The van der Waals surface area contributed by atoms with E-state index in [1.807, 2.05) is 0 Å². The zero-order valence-corrected chi connectivity index (χ0v) is 13.5. The van der Waals surface area contributed by atoms with E-state index >= 15 is 0 Å². The second-order valence-electron chi connectivity index (χ2n) is 5.09. The quantitative estimate of drug-likeness (QED) is 0.816. The third-order valence-electron chi connectivity index (χ3n) is 3.35. The number of morpholine rings is 1. The second-order valence-corrected chi connectivity index (χ2v) is 6.25. The maximum Gasteiger partial charge on any atom is 0.124 e. The third kappa shape index (κ3) is 4.29. The number of benzene rings is 1. The normalized spacial score (nSPS) is 20.8. The molecule has 1 aromatic rings. The van der Waals surface area contributed by atoms with Crippen LogP contribution < -0.4 is 5.32 Å². The fourth-order valence-electron chi connectivity index (χ4n) is 2.19. The molecule has 1 unspecified atom stereocenters. The fraction of sp³-hybridized carbons (Fsp3) is 0.571. The van der Waals surface area contributed by atoms with Gasteiger partial charge in [0, 0.05) is 34.9 Å². The lowest BCUT2D eigenvalue weighted by Crippen LogP contribution is -2.48. The summed E-state index contributed by atoms with van der Waals surface area (Å²) in [5, 5.41) is 3.34. The summed E-state index contributed by atoms with van der Waals surface area (Å²) >= 11 is 2.14. The highest BCUT2D eigenvalue weighted by atomic mass is 127. The van der Waals surface area contributed by atoms with Crippen LogP contribution in [0, 0.1) is 9.39 Å². The first-order valence-corrected chi connectivity index (χ1v) is 7.68. The molecular formula is C14H20FIN2O. The van der Waals surface area contributed by atoms with Crippen LogP contribution in [0.5, 0.6) is 0 Å². The summed E-state index contributed by atoms with van der Waals surface area (Å²) in [6, 6.07) is 5.34. The Balaban J connectivity index is 1.88. The molecule has 1 N–H and O–H groups in total. The molecule has 0 aromatic heterocycles. The number of nitrogens with zero attached hydrogens (tertiary/aromatic N) is 1. The standard InChI is InChI=1S/C14H20FIN2O/c1-10(2)18-5-6-19-12(9-18)8-17-14-4-3-11(15)7-13(14)16/h3-4,7,10,12,17H,5-6,8-9H2,1-2H3. The predicted molar refractivity (Wildman–Crippen MR) is 84.1 cm³/mol. The van der Waals surface area contributed by atoms with E-state index in [1.54, 1.807) is 6.07 Å². The molecule has 1 aliphatic rings. The number of hydrogen-bond acceptors (Lipinski definition) is 3. The second kappa shape index (κ2) is 6.85. The molecule has 5 heteroatoms. The molecule has 1 aromatic carbocycles. The van der Waals surface area contributed by atoms with Crippen LogP contribution in [0.25, 0.3) is 0 Å². The topological polar surface area (TPSA) is 24.5 Å². The largest absolute Gasteiger partial charge is 0.382 e. The number of anilines is 1. The average molecular weight is 378 g/mol. The molecule has 106 valence electrons.